The SMILES string of the molecule is Cc1cc(C2CCCN2C(=O)c2cc(-c3ccc(C)s3)[nH]n2)on1. The van der Waals surface area contributed by atoms with Crippen LogP contribution in [0, 0.1) is 13.8 Å². The lowest BCUT2D eigenvalue weighted by atomic mass is 10.1. The van der Waals surface area contributed by atoms with Crippen molar-refractivity contribution in [3.05, 3.63) is 46.3 Å². The second-order valence-corrected chi connectivity index (χ2v) is 7.39. The first kappa shape index (κ1) is 15.1. The van der Waals surface area contributed by atoms with Crippen molar-refractivity contribution in [2.75, 3.05) is 6.54 Å². The third kappa shape index (κ3) is 2.65. The molecule has 0 spiro atoms. The minimum atomic E-state index is -0.0673. The molecular weight excluding hydrogens is 324 g/mol. The maximum absolute atomic E-state index is 12.9. The second kappa shape index (κ2) is 5.90. The van der Waals surface area contributed by atoms with Gasteiger partial charge in [-0.1, -0.05) is 5.16 Å². The molecule has 1 atom stereocenters. The standard InChI is InChI=1S/C17H18N4O2S/c1-10-8-15(23-20-10)14-4-3-7-21(14)17(22)13-9-12(18-19-13)16-6-5-11(2)24-16/h5-6,8-9,14H,3-4,7H2,1-2H3,(H,18,19). The summed E-state index contributed by atoms with van der Waals surface area (Å²) in [7, 11) is 0. The predicted molar refractivity (Wildman–Crippen MR) is 90.9 cm³/mol. The summed E-state index contributed by atoms with van der Waals surface area (Å²) in [6.45, 7) is 4.66. The molecule has 6 nitrogen and oxygen atoms in total. The van der Waals surface area contributed by atoms with Gasteiger partial charge in [0, 0.05) is 17.5 Å². The molecule has 24 heavy (non-hydrogen) atoms. The van der Waals surface area contributed by atoms with Crippen molar-refractivity contribution >= 4 is 17.2 Å². The van der Waals surface area contributed by atoms with Crippen LogP contribution < -0.4 is 0 Å². The van der Waals surface area contributed by atoms with Gasteiger partial charge in [-0.15, -0.1) is 11.3 Å². The van der Waals surface area contributed by atoms with Crippen LogP contribution in [0.15, 0.2) is 28.8 Å². The van der Waals surface area contributed by atoms with E-state index in [2.05, 4.69) is 28.3 Å². The molecule has 1 fully saturated rings. The lowest BCUT2D eigenvalue weighted by Crippen LogP contribution is -2.30. The van der Waals surface area contributed by atoms with Gasteiger partial charge in [0.05, 0.1) is 22.3 Å². The van der Waals surface area contributed by atoms with Crippen molar-refractivity contribution in [1.82, 2.24) is 20.3 Å². The molecule has 0 bridgehead atoms. The number of carbonyl (C=O) groups excluding carboxylic acids is 1. The Kier molecular flexibility index (Phi) is 3.72. The Balaban J connectivity index is 1.58. The summed E-state index contributed by atoms with van der Waals surface area (Å²) in [6, 6.07) is 7.78. The molecule has 0 saturated carbocycles. The Labute approximate surface area is 143 Å². The van der Waals surface area contributed by atoms with Crippen LogP contribution in [0.4, 0.5) is 0 Å². The molecular formula is C17H18N4O2S. The van der Waals surface area contributed by atoms with E-state index in [-0.39, 0.29) is 11.9 Å². The number of aromatic amines is 1. The third-order valence-electron chi connectivity index (χ3n) is 4.29. The molecule has 1 amide bonds. The number of nitrogens with one attached hydrogen (secondary N) is 1. The molecule has 1 aliphatic heterocycles. The number of likely N-dealkylation sites (tertiary alicyclic amines) is 1. The summed E-state index contributed by atoms with van der Waals surface area (Å²) in [5.41, 5.74) is 2.15. The number of hydrogen-bond donors (Lipinski definition) is 1. The number of amides is 1. The van der Waals surface area contributed by atoms with Crippen molar-refractivity contribution in [3.63, 3.8) is 0 Å². The van der Waals surface area contributed by atoms with Gasteiger partial charge in [0.25, 0.3) is 5.91 Å². The van der Waals surface area contributed by atoms with Crippen LogP contribution in [0.2, 0.25) is 0 Å². The molecule has 3 aromatic heterocycles. The zero-order valence-electron chi connectivity index (χ0n) is 13.6. The first-order valence-electron chi connectivity index (χ1n) is 7.98. The summed E-state index contributed by atoms with van der Waals surface area (Å²) in [5, 5.41) is 11.1. The lowest BCUT2D eigenvalue weighted by Gasteiger charge is -2.21. The van der Waals surface area contributed by atoms with Gasteiger partial charge < -0.3 is 9.42 Å². The number of aryl methyl sites for hydroxylation is 2. The van der Waals surface area contributed by atoms with Crippen LogP contribution in [-0.2, 0) is 0 Å². The fourth-order valence-electron chi connectivity index (χ4n) is 3.13. The fourth-order valence-corrected chi connectivity index (χ4v) is 3.96. The van der Waals surface area contributed by atoms with Gasteiger partial charge in [0.15, 0.2) is 11.5 Å². The van der Waals surface area contributed by atoms with E-state index in [1.165, 1.54) is 4.88 Å². The van der Waals surface area contributed by atoms with Gasteiger partial charge in [0.1, 0.15) is 0 Å². The molecule has 4 rings (SSSR count). The molecule has 7 heteroatoms. The second-order valence-electron chi connectivity index (χ2n) is 6.10. The van der Waals surface area contributed by atoms with Gasteiger partial charge in [-0.25, -0.2) is 0 Å². The molecule has 1 N–H and O–H groups in total. The molecule has 124 valence electrons. The quantitative estimate of drug-likeness (QED) is 0.787. The van der Waals surface area contributed by atoms with Crippen molar-refractivity contribution in [1.29, 1.82) is 0 Å². The highest BCUT2D eigenvalue weighted by Crippen LogP contribution is 2.34. The van der Waals surface area contributed by atoms with E-state index < -0.39 is 0 Å². The van der Waals surface area contributed by atoms with E-state index in [4.69, 9.17) is 4.52 Å². The minimum Gasteiger partial charge on any atom is -0.359 e. The van der Waals surface area contributed by atoms with Gasteiger partial charge in [-0.05, 0) is 44.9 Å². The van der Waals surface area contributed by atoms with E-state index in [1.54, 1.807) is 11.3 Å². The molecule has 3 aromatic rings. The number of aromatic nitrogens is 3. The summed E-state index contributed by atoms with van der Waals surface area (Å²) in [5.74, 6) is 0.685. The molecule has 1 saturated heterocycles. The van der Waals surface area contributed by atoms with Crippen LogP contribution in [-0.4, -0.2) is 32.7 Å². The van der Waals surface area contributed by atoms with E-state index in [1.807, 2.05) is 30.0 Å². The van der Waals surface area contributed by atoms with E-state index in [0.717, 1.165) is 34.9 Å². The maximum Gasteiger partial charge on any atom is 0.274 e. The first-order valence-corrected chi connectivity index (χ1v) is 8.80. The fraction of sp³-hybridized carbons (Fsp3) is 0.353. The topological polar surface area (TPSA) is 75.0 Å². The highest BCUT2D eigenvalue weighted by Gasteiger charge is 2.34. The van der Waals surface area contributed by atoms with Gasteiger partial charge in [0.2, 0.25) is 0 Å². The highest BCUT2D eigenvalue weighted by molar-refractivity contribution is 7.15. The Morgan fingerprint density at radius 3 is 2.96 bits per heavy atom. The normalized spacial score (nSPS) is 17.6. The summed E-state index contributed by atoms with van der Waals surface area (Å²) >= 11 is 1.68. The number of nitrogens with zero attached hydrogens (tertiary/aromatic N) is 3. The molecule has 1 aliphatic rings. The largest absolute Gasteiger partial charge is 0.359 e. The number of thiophene rings is 1. The zero-order chi connectivity index (χ0) is 16.7. The highest BCUT2D eigenvalue weighted by atomic mass is 32.1. The van der Waals surface area contributed by atoms with Crippen molar-refractivity contribution in [3.8, 4) is 10.6 Å². The van der Waals surface area contributed by atoms with Crippen LogP contribution in [0.5, 0.6) is 0 Å². The average molecular weight is 342 g/mol. The average Bonchev–Trinajstić information content (AvgIpc) is 3.33. The minimum absolute atomic E-state index is 0.0529. The Hall–Kier alpha value is -2.41. The van der Waals surface area contributed by atoms with Crippen LogP contribution >= 0.6 is 11.3 Å². The summed E-state index contributed by atoms with van der Waals surface area (Å²) < 4.78 is 5.37. The molecule has 0 aliphatic carbocycles. The summed E-state index contributed by atoms with van der Waals surface area (Å²) in [6.07, 6.45) is 1.85. The van der Waals surface area contributed by atoms with Gasteiger partial charge in [-0.2, -0.15) is 5.10 Å². The zero-order valence-corrected chi connectivity index (χ0v) is 14.4. The first-order chi connectivity index (χ1) is 11.6. The maximum atomic E-state index is 12.9. The molecule has 0 radical (unpaired) electrons. The predicted octanol–water partition coefficient (Wildman–Crippen LogP) is 3.72. The molecule has 0 aromatic carbocycles. The Morgan fingerprint density at radius 1 is 1.38 bits per heavy atom. The lowest BCUT2D eigenvalue weighted by molar-refractivity contribution is 0.0708. The van der Waals surface area contributed by atoms with E-state index in [9.17, 15) is 4.79 Å². The molecule has 1 unspecified atom stereocenters. The van der Waals surface area contributed by atoms with Gasteiger partial charge >= 0.3 is 0 Å². The van der Waals surface area contributed by atoms with E-state index >= 15 is 0 Å². The third-order valence-corrected chi connectivity index (χ3v) is 5.33. The number of H-pyrrole nitrogens is 1. The van der Waals surface area contributed by atoms with Crippen LogP contribution in [0.25, 0.3) is 10.6 Å². The summed E-state index contributed by atoms with van der Waals surface area (Å²) in [4.78, 5) is 17.0. The molecule has 4 heterocycles. The smallest absolute Gasteiger partial charge is 0.274 e. The number of rotatable bonds is 3. The number of carbonyl (C=O) groups is 1. The van der Waals surface area contributed by atoms with Gasteiger partial charge in [-0.3, -0.25) is 9.89 Å². The van der Waals surface area contributed by atoms with Crippen molar-refractivity contribution in [2.24, 2.45) is 0 Å². The van der Waals surface area contributed by atoms with Crippen LogP contribution in [0.1, 0.15) is 45.7 Å². The van der Waals surface area contributed by atoms with Crippen molar-refractivity contribution < 1.29 is 9.32 Å². The Morgan fingerprint density at radius 2 is 2.25 bits per heavy atom. The monoisotopic (exact) mass is 342 g/mol. The number of hydrogen-bond acceptors (Lipinski definition) is 5. The Bertz CT molecular complexity index is 879. The van der Waals surface area contributed by atoms with Crippen molar-refractivity contribution in [2.45, 2.75) is 32.7 Å². The van der Waals surface area contributed by atoms with E-state index in [0.29, 0.717) is 12.2 Å². The van der Waals surface area contributed by atoms with Crippen LogP contribution in [0.3, 0.4) is 0 Å².